The van der Waals surface area contributed by atoms with Crippen LogP contribution in [0, 0.1) is 0 Å². The van der Waals surface area contributed by atoms with Gasteiger partial charge in [0, 0.05) is 5.69 Å². The van der Waals surface area contributed by atoms with Crippen LogP contribution in [-0.4, -0.2) is 11.9 Å². The lowest BCUT2D eigenvalue weighted by Gasteiger charge is -2.20. The minimum Gasteiger partial charge on any atom is -0.324 e. The number of nitrogens with one attached hydrogen (secondary N) is 1. The zero-order valence-electron chi connectivity index (χ0n) is 10.3. The Bertz CT molecular complexity index is 415. The number of amides is 1. The fourth-order valence-electron chi connectivity index (χ4n) is 2.31. The molecule has 3 heteroatoms. The first kappa shape index (κ1) is 12.1. The Morgan fingerprint density at radius 1 is 1.41 bits per heavy atom. The van der Waals surface area contributed by atoms with Crippen LogP contribution in [-0.2, 0) is 17.6 Å². The Hall–Kier alpha value is -1.35. The SMILES string of the molecule is CCC(N)C(=O)Nc1cccc2c1CCCC2. The number of fused-ring (bicyclic) bond motifs is 1. The van der Waals surface area contributed by atoms with Crippen molar-refractivity contribution in [3.05, 3.63) is 29.3 Å². The fraction of sp³-hybridized carbons (Fsp3) is 0.500. The molecule has 3 nitrogen and oxygen atoms in total. The molecule has 0 fully saturated rings. The van der Waals surface area contributed by atoms with Gasteiger partial charge in [0.25, 0.3) is 0 Å². The predicted octanol–water partition coefficient (Wildman–Crippen LogP) is 2.24. The first-order valence-electron chi connectivity index (χ1n) is 6.39. The molecule has 17 heavy (non-hydrogen) atoms. The second-order valence-electron chi connectivity index (χ2n) is 4.65. The van der Waals surface area contributed by atoms with Crippen LogP contribution in [0.2, 0.25) is 0 Å². The number of nitrogens with two attached hydrogens (primary N) is 1. The maximum absolute atomic E-state index is 11.8. The summed E-state index contributed by atoms with van der Waals surface area (Å²) < 4.78 is 0. The largest absolute Gasteiger partial charge is 0.324 e. The van der Waals surface area contributed by atoms with E-state index in [2.05, 4.69) is 11.4 Å². The van der Waals surface area contributed by atoms with Crippen LogP contribution in [0.15, 0.2) is 18.2 Å². The quantitative estimate of drug-likeness (QED) is 0.839. The van der Waals surface area contributed by atoms with Gasteiger partial charge in [0.15, 0.2) is 0 Å². The maximum atomic E-state index is 11.8. The van der Waals surface area contributed by atoms with Crippen molar-refractivity contribution in [2.45, 2.75) is 45.1 Å². The lowest BCUT2D eigenvalue weighted by Crippen LogP contribution is -2.35. The highest BCUT2D eigenvalue weighted by Crippen LogP contribution is 2.27. The van der Waals surface area contributed by atoms with E-state index in [0.717, 1.165) is 18.5 Å². The van der Waals surface area contributed by atoms with Gasteiger partial charge in [0.2, 0.25) is 5.91 Å². The molecule has 0 aliphatic heterocycles. The third kappa shape index (κ3) is 2.67. The summed E-state index contributed by atoms with van der Waals surface area (Å²) in [5, 5.41) is 2.96. The minimum absolute atomic E-state index is 0.0773. The number of rotatable bonds is 3. The van der Waals surface area contributed by atoms with Crippen molar-refractivity contribution in [1.29, 1.82) is 0 Å². The van der Waals surface area contributed by atoms with E-state index in [1.807, 2.05) is 19.1 Å². The van der Waals surface area contributed by atoms with E-state index in [4.69, 9.17) is 5.73 Å². The Labute approximate surface area is 102 Å². The summed E-state index contributed by atoms with van der Waals surface area (Å²) in [6, 6.07) is 5.74. The van der Waals surface area contributed by atoms with Crippen molar-refractivity contribution in [3.8, 4) is 0 Å². The van der Waals surface area contributed by atoms with E-state index in [1.165, 1.54) is 24.0 Å². The lowest BCUT2D eigenvalue weighted by molar-refractivity contribution is -0.117. The van der Waals surface area contributed by atoms with Gasteiger partial charge in [-0.25, -0.2) is 0 Å². The molecular weight excluding hydrogens is 212 g/mol. The van der Waals surface area contributed by atoms with E-state index < -0.39 is 6.04 Å². The molecule has 1 aromatic rings. The highest BCUT2D eigenvalue weighted by molar-refractivity contribution is 5.95. The maximum Gasteiger partial charge on any atom is 0.241 e. The highest BCUT2D eigenvalue weighted by atomic mass is 16.2. The molecule has 3 N–H and O–H groups in total. The van der Waals surface area contributed by atoms with Gasteiger partial charge in [-0.2, -0.15) is 0 Å². The van der Waals surface area contributed by atoms with Crippen molar-refractivity contribution in [2.75, 3.05) is 5.32 Å². The van der Waals surface area contributed by atoms with Crippen LogP contribution in [0.25, 0.3) is 0 Å². The van der Waals surface area contributed by atoms with Gasteiger partial charge in [-0.1, -0.05) is 19.1 Å². The second kappa shape index (κ2) is 5.32. The first-order chi connectivity index (χ1) is 8.22. The summed E-state index contributed by atoms with van der Waals surface area (Å²) in [6.45, 7) is 1.92. The molecule has 1 aliphatic carbocycles. The summed E-state index contributed by atoms with van der Waals surface area (Å²) in [6.07, 6.45) is 5.31. The van der Waals surface area contributed by atoms with Crippen LogP contribution >= 0.6 is 0 Å². The molecule has 92 valence electrons. The molecule has 0 radical (unpaired) electrons. The summed E-state index contributed by atoms with van der Waals surface area (Å²) in [4.78, 5) is 11.8. The minimum atomic E-state index is -0.408. The predicted molar refractivity (Wildman–Crippen MR) is 70.0 cm³/mol. The van der Waals surface area contributed by atoms with E-state index in [0.29, 0.717) is 6.42 Å². The standard InChI is InChI=1S/C14H20N2O/c1-2-12(15)14(17)16-13-9-5-7-10-6-3-4-8-11(10)13/h5,7,9,12H,2-4,6,8,15H2,1H3,(H,16,17). The van der Waals surface area contributed by atoms with Crippen molar-refractivity contribution < 1.29 is 4.79 Å². The molecule has 0 bridgehead atoms. The Kier molecular flexibility index (Phi) is 3.79. The molecule has 1 amide bonds. The number of carbonyl (C=O) groups excluding carboxylic acids is 1. The molecule has 1 aromatic carbocycles. The molecule has 0 heterocycles. The van der Waals surface area contributed by atoms with Crippen molar-refractivity contribution in [2.24, 2.45) is 5.73 Å². The molecule has 2 rings (SSSR count). The highest BCUT2D eigenvalue weighted by Gasteiger charge is 2.16. The number of hydrogen-bond acceptors (Lipinski definition) is 2. The van der Waals surface area contributed by atoms with Crippen LogP contribution in [0.1, 0.15) is 37.3 Å². The Balaban J connectivity index is 2.18. The summed E-state index contributed by atoms with van der Waals surface area (Å²) in [5.74, 6) is -0.0773. The van der Waals surface area contributed by atoms with Gasteiger partial charge in [-0.05, 0) is 49.3 Å². The topological polar surface area (TPSA) is 55.1 Å². The summed E-state index contributed by atoms with van der Waals surface area (Å²) in [7, 11) is 0. The third-order valence-corrected chi connectivity index (χ3v) is 3.43. The van der Waals surface area contributed by atoms with Gasteiger partial charge in [0.05, 0.1) is 6.04 Å². The summed E-state index contributed by atoms with van der Waals surface area (Å²) in [5.41, 5.74) is 9.36. The fourth-order valence-corrected chi connectivity index (χ4v) is 2.31. The van der Waals surface area contributed by atoms with Crippen molar-refractivity contribution >= 4 is 11.6 Å². The third-order valence-electron chi connectivity index (χ3n) is 3.43. The summed E-state index contributed by atoms with van der Waals surface area (Å²) >= 11 is 0. The zero-order chi connectivity index (χ0) is 12.3. The molecule has 1 atom stereocenters. The van der Waals surface area contributed by atoms with Crippen LogP contribution in [0.5, 0.6) is 0 Å². The van der Waals surface area contributed by atoms with E-state index in [-0.39, 0.29) is 5.91 Å². The number of anilines is 1. The number of hydrogen-bond donors (Lipinski definition) is 2. The Morgan fingerprint density at radius 2 is 2.18 bits per heavy atom. The average molecular weight is 232 g/mol. The van der Waals surface area contributed by atoms with E-state index in [1.54, 1.807) is 0 Å². The van der Waals surface area contributed by atoms with E-state index >= 15 is 0 Å². The lowest BCUT2D eigenvalue weighted by atomic mass is 9.90. The zero-order valence-corrected chi connectivity index (χ0v) is 10.3. The van der Waals surface area contributed by atoms with Crippen molar-refractivity contribution in [1.82, 2.24) is 0 Å². The van der Waals surface area contributed by atoms with Gasteiger partial charge in [0.1, 0.15) is 0 Å². The normalized spacial score (nSPS) is 16.1. The molecule has 0 saturated heterocycles. The van der Waals surface area contributed by atoms with Crippen molar-refractivity contribution in [3.63, 3.8) is 0 Å². The van der Waals surface area contributed by atoms with Gasteiger partial charge >= 0.3 is 0 Å². The smallest absolute Gasteiger partial charge is 0.241 e. The van der Waals surface area contributed by atoms with Gasteiger partial charge in [-0.3, -0.25) is 4.79 Å². The number of carbonyl (C=O) groups is 1. The molecule has 0 aromatic heterocycles. The van der Waals surface area contributed by atoms with Gasteiger partial charge in [-0.15, -0.1) is 0 Å². The van der Waals surface area contributed by atoms with Crippen LogP contribution in [0.4, 0.5) is 5.69 Å². The number of benzene rings is 1. The van der Waals surface area contributed by atoms with Crippen LogP contribution < -0.4 is 11.1 Å². The van der Waals surface area contributed by atoms with Gasteiger partial charge < -0.3 is 11.1 Å². The molecule has 0 spiro atoms. The second-order valence-corrected chi connectivity index (χ2v) is 4.65. The first-order valence-corrected chi connectivity index (χ1v) is 6.39. The van der Waals surface area contributed by atoms with E-state index in [9.17, 15) is 4.79 Å². The molecule has 0 saturated carbocycles. The van der Waals surface area contributed by atoms with Crippen LogP contribution in [0.3, 0.4) is 0 Å². The Morgan fingerprint density at radius 3 is 2.94 bits per heavy atom. The average Bonchev–Trinajstić information content (AvgIpc) is 2.38. The molecule has 1 unspecified atom stereocenters. The molecule has 1 aliphatic rings. The molecular formula is C14H20N2O. The monoisotopic (exact) mass is 232 g/mol. The number of aryl methyl sites for hydroxylation is 1.